The molecule has 1 atom stereocenters. The maximum atomic E-state index is 12.9. The Kier molecular flexibility index (Phi) is 5.14. The Morgan fingerprint density at radius 3 is 2.50 bits per heavy atom. The van der Waals surface area contributed by atoms with Crippen LogP contribution in [0.1, 0.15) is 18.5 Å². The van der Waals surface area contributed by atoms with Gasteiger partial charge in [-0.15, -0.1) is 0 Å². The second-order valence-electron chi connectivity index (χ2n) is 5.77. The SMILES string of the molecule is COc1ccc(NC(=O)C2=C(C)NC(=O)NC2c2ccccc2Cl)cc1. The van der Waals surface area contributed by atoms with Gasteiger partial charge in [-0.2, -0.15) is 0 Å². The molecule has 0 aromatic heterocycles. The van der Waals surface area contributed by atoms with E-state index < -0.39 is 6.04 Å². The number of nitrogens with one attached hydrogen (secondary N) is 3. The van der Waals surface area contributed by atoms with Crippen LogP contribution in [0, 0.1) is 0 Å². The molecule has 26 heavy (non-hydrogen) atoms. The number of hydrogen-bond acceptors (Lipinski definition) is 3. The summed E-state index contributed by atoms with van der Waals surface area (Å²) in [6.45, 7) is 1.69. The fourth-order valence-corrected chi connectivity index (χ4v) is 3.05. The summed E-state index contributed by atoms with van der Waals surface area (Å²) in [4.78, 5) is 24.8. The lowest BCUT2D eigenvalue weighted by Crippen LogP contribution is -2.46. The highest BCUT2D eigenvalue weighted by molar-refractivity contribution is 6.31. The molecule has 3 rings (SSSR count). The topological polar surface area (TPSA) is 79.5 Å². The van der Waals surface area contributed by atoms with Gasteiger partial charge >= 0.3 is 6.03 Å². The molecule has 3 N–H and O–H groups in total. The zero-order chi connectivity index (χ0) is 18.7. The molecule has 3 amide bonds. The van der Waals surface area contributed by atoms with Gasteiger partial charge in [0.1, 0.15) is 5.75 Å². The van der Waals surface area contributed by atoms with Gasteiger partial charge in [0.25, 0.3) is 5.91 Å². The minimum atomic E-state index is -0.643. The van der Waals surface area contributed by atoms with Crippen molar-refractivity contribution in [2.24, 2.45) is 0 Å². The summed E-state index contributed by atoms with van der Waals surface area (Å²) < 4.78 is 5.11. The molecular weight excluding hydrogens is 354 g/mol. The average Bonchev–Trinajstić information content (AvgIpc) is 2.62. The lowest BCUT2D eigenvalue weighted by molar-refractivity contribution is -0.113. The van der Waals surface area contributed by atoms with E-state index in [4.69, 9.17) is 16.3 Å². The molecule has 1 unspecified atom stereocenters. The van der Waals surface area contributed by atoms with E-state index >= 15 is 0 Å². The lowest BCUT2D eigenvalue weighted by atomic mass is 9.94. The summed E-state index contributed by atoms with van der Waals surface area (Å²) in [5.41, 5.74) is 2.15. The van der Waals surface area contributed by atoms with E-state index in [0.717, 1.165) is 0 Å². The molecule has 1 aliphatic rings. The molecule has 0 bridgehead atoms. The van der Waals surface area contributed by atoms with Crippen LogP contribution in [-0.2, 0) is 4.79 Å². The third-order valence-electron chi connectivity index (χ3n) is 4.08. The Morgan fingerprint density at radius 1 is 1.15 bits per heavy atom. The van der Waals surface area contributed by atoms with E-state index in [-0.39, 0.29) is 11.9 Å². The van der Waals surface area contributed by atoms with Gasteiger partial charge in [-0.25, -0.2) is 4.79 Å². The second kappa shape index (κ2) is 7.49. The smallest absolute Gasteiger partial charge is 0.319 e. The Labute approximate surface area is 156 Å². The van der Waals surface area contributed by atoms with E-state index in [1.165, 1.54) is 0 Å². The number of halogens is 1. The van der Waals surface area contributed by atoms with Crippen molar-refractivity contribution in [2.45, 2.75) is 13.0 Å². The van der Waals surface area contributed by atoms with Gasteiger partial charge in [0.05, 0.1) is 18.7 Å². The maximum Gasteiger partial charge on any atom is 0.319 e. The predicted molar refractivity (Wildman–Crippen MR) is 100 cm³/mol. The molecule has 1 heterocycles. The summed E-state index contributed by atoms with van der Waals surface area (Å²) in [6, 6.07) is 13.1. The van der Waals surface area contributed by atoms with Gasteiger partial charge < -0.3 is 20.7 Å². The van der Waals surface area contributed by atoms with Crippen LogP contribution < -0.4 is 20.7 Å². The summed E-state index contributed by atoms with van der Waals surface area (Å²) in [6.07, 6.45) is 0. The summed E-state index contributed by atoms with van der Waals surface area (Å²) >= 11 is 6.28. The highest BCUT2D eigenvalue weighted by Crippen LogP contribution is 2.32. The number of methoxy groups -OCH3 is 1. The number of rotatable bonds is 4. The predicted octanol–water partition coefficient (Wildman–Crippen LogP) is 3.62. The number of ether oxygens (including phenoxy) is 1. The fourth-order valence-electron chi connectivity index (χ4n) is 2.81. The van der Waals surface area contributed by atoms with Gasteiger partial charge in [-0.3, -0.25) is 4.79 Å². The molecule has 2 aromatic carbocycles. The largest absolute Gasteiger partial charge is 0.497 e. The van der Waals surface area contributed by atoms with Crippen LogP contribution in [0.25, 0.3) is 0 Å². The van der Waals surface area contributed by atoms with Gasteiger partial charge in [-0.1, -0.05) is 29.8 Å². The second-order valence-corrected chi connectivity index (χ2v) is 6.18. The Morgan fingerprint density at radius 2 is 1.85 bits per heavy atom. The van der Waals surface area contributed by atoms with Crippen molar-refractivity contribution in [2.75, 3.05) is 12.4 Å². The first kappa shape index (κ1) is 17.8. The van der Waals surface area contributed by atoms with Gasteiger partial charge in [-0.05, 0) is 42.8 Å². The normalized spacial score (nSPS) is 16.6. The third kappa shape index (κ3) is 3.65. The summed E-state index contributed by atoms with van der Waals surface area (Å²) in [5, 5.41) is 8.72. The van der Waals surface area contributed by atoms with Crippen LogP contribution in [-0.4, -0.2) is 19.0 Å². The lowest BCUT2D eigenvalue weighted by Gasteiger charge is -2.29. The van der Waals surface area contributed by atoms with E-state index in [1.807, 2.05) is 6.07 Å². The first-order valence-electron chi connectivity index (χ1n) is 7.97. The third-order valence-corrected chi connectivity index (χ3v) is 4.42. The first-order chi connectivity index (χ1) is 12.5. The number of hydrogen-bond donors (Lipinski definition) is 3. The Bertz CT molecular complexity index is 878. The summed E-state index contributed by atoms with van der Waals surface area (Å²) in [7, 11) is 1.58. The molecule has 7 heteroatoms. The zero-order valence-electron chi connectivity index (χ0n) is 14.3. The molecule has 0 radical (unpaired) electrons. The molecule has 1 aliphatic heterocycles. The van der Waals surface area contributed by atoms with Gasteiger partial charge in [0.2, 0.25) is 0 Å². The van der Waals surface area contributed by atoms with Gasteiger partial charge in [0, 0.05) is 16.4 Å². The number of carbonyl (C=O) groups is 2. The standard InChI is InChI=1S/C19H18ClN3O3/c1-11-16(18(24)22-12-7-9-13(26-2)10-8-12)17(23-19(25)21-11)14-5-3-4-6-15(14)20/h3-10,17H,1-2H3,(H,22,24)(H2,21,23,25). The minimum Gasteiger partial charge on any atom is -0.497 e. The number of carbonyl (C=O) groups excluding carboxylic acids is 2. The van der Waals surface area contributed by atoms with E-state index in [1.54, 1.807) is 56.5 Å². The molecular formula is C19H18ClN3O3. The van der Waals surface area contributed by atoms with Crippen molar-refractivity contribution in [1.29, 1.82) is 0 Å². The summed E-state index contributed by atoms with van der Waals surface area (Å²) in [5.74, 6) is 0.365. The molecule has 0 saturated heterocycles. The van der Waals surface area contributed by atoms with E-state index in [2.05, 4.69) is 16.0 Å². The highest BCUT2D eigenvalue weighted by atomic mass is 35.5. The average molecular weight is 372 g/mol. The van der Waals surface area contributed by atoms with Crippen LogP contribution >= 0.6 is 11.6 Å². The number of amides is 3. The monoisotopic (exact) mass is 371 g/mol. The molecule has 134 valence electrons. The number of benzene rings is 2. The molecule has 6 nitrogen and oxygen atoms in total. The van der Waals surface area contributed by atoms with Gasteiger partial charge in [0.15, 0.2) is 0 Å². The van der Waals surface area contributed by atoms with Crippen molar-refractivity contribution in [3.63, 3.8) is 0 Å². The van der Waals surface area contributed by atoms with Crippen molar-refractivity contribution in [3.8, 4) is 5.75 Å². The van der Waals surface area contributed by atoms with E-state index in [0.29, 0.717) is 33.3 Å². The molecule has 0 fully saturated rings. The molecule has 0 spiro atoms. The number of allylic oxidation sites excluding steroid dienone is 1. The molecule has 2 aromatic rings. The Hall–Kier alpha value is -2.99. The van der Waals surface area contributed by atoms with Crippen LogP contribution in [0.15, 0.2) is 59.8 Å². The van der Waals surface area contributed by atoms with Crippen molar-refractivity contribution in [1.82, 2.24) is 10.6 Å². The molecule has 0 aliphatic carbocycles. The van der Waals surface area contributed by atoms with Crippen LogP contribution in [0.5, 0.6) is 5.75 Å². The number of anilines is 1. The Balaban J connectivity index is 1.93. The van der Waals surface area contributed by atoms with Crippen LogP contribution in [0.4, 0.5) is 10.5 Å². The first-order valence-corrected chi connectivity index (χ1v) is 8.35. The maximum absolute atomic E-state index is 12.9. The quantitative estimate of drug-likeness (QED) is 0.768. The zero-order valence-corrected chi connectivity index (χ0v) is 15.1. The van der Waals surface area contributed by atoms with E-state index in [9.17, 15) is 9.59 Å². The van der Waals surface area contributed by atoms with Crippen LogP contribution in [0.3, 0.4) is 0 Å². The molecule has 0 saturated carbocycles. The highest BCUT2D eigenvalue weighted by Gasteiger charge is 2.32. The minimum absolute atomic E-state index is 0.329. The van der Waals surface area contributed by atoms with Crippen molar-refractivity contribution >= 4 is 29.2 Å². The number of urea groups is 1. The van der Waals surface area contributed by atoms with Crippen LogP contribution in [0.2, 0.25) is 5.02 Å². The van der Waals surface area contributed by atoms with Crippen molar-refractivity contribution in [3.05, 3.63) is 70.4 Å². The van der Waals surface area contributed by atoms with Crippen molar-refractivity contribution < 1.29 is 14.3 Å². The fraction of sp³-hybridized carbons (Fsp3) is 0.158.